The van der Waals surface area contributed by atoms with Crippen molar-refractivity contribution in [3.05, 3.63) is 42.0 Å². The molecular formula is C22H25NO5. The van der Waals surface area contributed by atoms with E-state index in [1.807, 2.05) is 36.4 Å². The molecule has 0 unspecified atom stereocenters. The highest BCUT2D eigenvalue weighted by Gasteiger charge is 2.44. The monoisotopic (exact) mass is 383 g/mol. The predicted molar refractivity (Wildman–Crippen MR) is 105 cm³/mol. The van der Waals surface area contributed by atoms with E-state index in [0.717, 1.165) is 48.5 Å². The van der Waals surface area contributed by atoms with Gasteiger partial charge in [-0.05, 0) is 55.2 Å². The lowest BCUT2D eigenvalue weighted by atomic mass is 10.1. The molecule has 1 amide bonds. The van der Waals surface area contributed by atoms with E-state index < -0.39 is 5.79 Å². The highest BCUT2D eigenvalue weighted by molar-refractivity contribution is 5.91. The molecule has 1 saturated carbocycles. The average Bonchev–Trinajstić information content (AvgIpc) is 3.31. The van der Waals surface area contributed by atoms with Gasteiger partial charge in [-0.2, -0.15) is 0 Å². The number of hydrogen-bond acceptors (Lipinski definition) is 5. The first-order valence-electron chi connectivity index (χ1n) is 9.64. The topological polar surface area (TPSA) is 66.0 Å². The van der Waals surface area contributed by atoms with Gasteiger partial charge in [0.2, 0.25) is 5.91 Å². The zero-order chi connectivity index (χ0) is 19.6. The van der Waals surface area contributed by atoms with Gasteiger partial charge in [0.25, 0.3) is 5.79 Å². The Hall–Kier alpha value is -2.89. The van der Waals surface area contributed by atoms with Gasteiger partial charge in [0.05, 0.1) is 14.2 Å². The van der Waals surface area contributed by atoms with E-state index in [1.165, 1.54) is 0 Å². The number of rotatable bonds is 6. The van der Waals surface area contributed by atoms with Gasteiger partial charge in [-0.25, -0.2) is 0 Å². The molecule has 0 radical (unpaired) electrons. The molecule has 2 aromatic rings. The standard InChI is InChI=1S/C22H25NO5/c1-25-17-7-9-18(26-2)15(13-17)5-10-21(24)23-16-6-8-19-20(14-16)28-22(27-19)11-3-4-12-22/h6-9,13-14H,3-5,10-12H2,1-2H3,(H,23,24). The van der Waals surface area contributed by atoms with Crippen LogP contribution in [0.25, 0.3) is 0 Å². The number of benzene rings is 2. The van der Waals surface area contributed by atoms with Gasteiger partial charge in [0, 0.05) is 31.0 Å². The number of carbonyl (C=O) groups is 1. The van der Waals surface area contributed by atoms with E-state index in [-0.39, 0.29) is 5.91 Å². The van der Waals surface area contributed by atoms with Crippen molar-refractivity contribution in [3.63, 3.8) is 0 Å². The summed E-state index contributed by atoms with van der Waals surface area (Å²) in [5.74, 6) is 2.38. The van der Waals surface area contributed by atoms with Gasteiger partial charge in [0.1, 0.15) is 11.5 Å². The third-order valence-corrected chi connectivity index (χ3v) is 5.29. The van der Waals surface area contributed by atoms with Crippen LogP contribution in [0.4, 0.5) is 5.69 Å². The van der Waals surface area contributed by atoms with Crippen LogP contribution in [-0.2, 0) is 11.2 Å². The molecule has 1 aliphatic heterocycles. The second kappa shape index (κ2) is 7.62. The minimum absolute atomic E-state index is 0.0701. The van der Waals surface area contributed by atoms with Gasteiger partial charge < -0.3 is 24.3 Å². The lowest BCUT2D eigenvalue weighted by molar-refractivity contribution is -0.116. The third-order valence-electron chi connectivity index (χ3n) is 5.29. The maximum atomic E-state index is 12.4. The Bertz CT molecular complexity index is 873. The summed E-state index contributed by atoms with van der Waals surface area (Å²) >= 11 is 0. The molecule has 1 spiro atoms. The van der Waals surface area contributed by atoms with Crippen LogP contribution in [0.1, 0.15) is 37.7 Å². The largest absolute Gasteiger partial charge is 0.497 e. The van der Waals surface area contributed by atoms with E-state index in [1.54, 1.807) is 14.2 Å². The van der Waals surface area contributed by atoms with Crippen LogP contribution in [0, 0.1) is 0 Å². The number of ether oxygens (including phenoxy) is 4. The molecule has 0 aromatic heterocycles. The molecule has 1 N–H and O–H groups in total. The highest BCUT2D eigenvalue weighted by Crippen LogP contribution is 2.47. The van der Waals surface area contributed by atoms with Crippen LogP contribution in [0.3, 0.4) is 0 Å². The second-order valence-corrected chi connectivity index (χ2v) is 7.21. The van der Waals surface area contributed by atoms with Crippen LogP contribution in [0.2, 0.25) is 0 Å². The number of anilines is 1. The van der Waals surface area contributed by atoms with E-state index in [0.29, 0.717) is 24.3 Å². The summed E-state index contributed by atoms with van der Waals surface area (Å²) in [6, 6.07) is 11.1. The number of nitrogens with one attached hydrogen (secondary N) is 1. The molecule has 6 heteroatoms. The average molecular weight is 383 g/mol. The number of amides is 1. The molecule has 1 aliphatic carbocycles. The van der Waals surface area contributed by atoms with E-state index >= 15 is 0 Å². The zero-order valence-corrected chi connectivity index (χ0v) is 16.2. The van der Waals surface area contributed by atoms with Crippen molar-refractivity contribution >= 4 is 11.6 Å². The van der Waals surface area contributed by atoms with Gasteiger partial charge in [-0.15, -0.1) is 0 Å². The summed E-state index contributed by atoms with van der Waals surface area (Å²) in [6.45, 7) is 0. The van der Waals surface area contributed by atoms with Crippen molar-refractivity contribution in [2.45, 2.75) is 44.3 Å². The molecule has 0 bridgehead atoms. The molecule has 1 fully saturated rings. The van der Waals surface area contributed by atoms with Crippen LogP contribution in [0.15, 0.2) is 36.4 Å². The summed E-state index contributed by atoms with van der Waals surface area (Å²) in [4.78, 5) is 12.4. The second-order valence-electron chi connectivity index (χ2n) is 7.21. The smallest absolute Gasteiger partial charge is 0.251 e. The quantitative estimate of drug-likeness (QED) is 0.805. The predicted octanol–water partition coefficient (Wildman–Crippen LogP) is 4.32. The molecule has 4 rings (SSSR count). The van der Waals surface area contributed by atoms with E-state index in [2.05, 4.69) is 5.32 Å². The van der Waals surface area contributed by atoms with Gasteiger partial charge in [-0.3, -0.25) is 4.79 Å². The maximum absolute atomic E-state index is 12.4. The van der Waals surface area contributed by atoms with Crippen molar-refractivity contribution in [2.75, 3.05) is 19.5 Å². The number of methoxy groups -OCH3 is 2. The van der Waals surface area contributed by atoms with Crippen LogP contribution in [0.5, 0.6) is 23.0 Å². The molecule has 28 heavy (non-hydrogen) atoms. The fourth-order valence-corrected chi connectivity index (χ4v) is 3.84. The molecule has 0 atom stereocenters. The Morgan fingerprint density at radius 2 is 1.82 bits per heavy atom. The van der Waals surface area contributed by atoms with Crippen LogP contribution >= 0.6 is 0 Å². The van der Waals surface area contributed by atoms with E-state index in [4.69, 9.17) is 18.9 Å². The minimum Gasteiger partial charge on any atom is -0.497 e. The summed E-state index contributed by atoms with van der Waals surface area (Å²) in [5, 5.41) is 2.94. The van der Waals surface area contributed by atoms with Crippen molar-refractivity contribution < 1.29 is 23.7 Å². The SMILES string of the molecule is COc1ccc(OC)c(CCC(=O)Nc2ccc3c(c2)OC2(CCCC2)O3)c1. The van der Waals surface area contributed by atoms with Crippen molar-refractivity contribution in [1.82, 2.24) is 0 Å². The van der Waals surface area contributed by atoms with Crippen molar-refractivity contribution in [3.8, 4) is 23.0 Å². The summed E-state index contributed by atoms with van der Waals surface area (Å²) in [5.41, 5.74) is 1.64. The fraction of sp³-hybridized carbons (Fsp3) is 0.409. The molecule has 6 nitrogen and oxygen atoms in total. The molecule has 0 saturated heterocycles. The van der Waals surface area contributed by atoms with Crippen molar-refractivity contribution in [1.29, 1.82) is 0 Å². The Morgan fingerprint density at radius 3 is 2.57 bits per heavy atom. The van der Waals surface area contributed by atoms with Gasteiger partial charge in [-0.1, -0.05) is 0 Å². The maximum Gasteiger partial charge on any atom is 0.251 e. The summed E-state index contributed by atoms with van der Waals surface area (Å²) < 4.78 is 22.7. The Labute approximate surface area is 164 Å². The first kappa shape index (κ1) is 18.5. The normalized spacial score (nSPS) is 16.2. The van der Waals surface area contributed by atoms with Crippen LogP contribution < -0.4 is 24.3 Å². The van der Waals surface area contributed by atoms with Gasteiger partial charge >= 0.3 is 0 Å². The molecule has 148 valence electrons. The fourth-order valence-electron chi connectivity index (χ4n) is 3.84. The number of aryl methyl sites for hydroxylation is 1. The third kappa shape index (κ3) is 3.72. The summed E-state index contributed by atoms with van der Waals surface area (Å²) in [7, 11) is 3.24. The Balaban J connectivity index is 1.38. The number of carbonyl (C=O) groups excluding carboxylic acids is 1. The first-order valence-corrected chi connectivity index (χ1v) is 9.64. The van der Waals surface area contributed by atoms with Gasteiger partial charge in [0.15, 0.2) is 11.5 Å². The lowest BCUT2D eigenvalue weighted by Crippen LogP contribution is -2.34. The summed E-state index contributed by atoms with van der Waals surface area (Å²) in [6.07, 6.45) is 4.94. The molecule has 1 heterocycles. The van der Waals surface area contributed by atoms with E-state index in [9.17, 15) is 4.79 Å². The Kier molecular flexibility index (Phi) is 5.03. The molecule has 2 aliphatic rings. The number of fused-ring (bicyclic) bond motifs is 1. The van der Waals surface area contributed by atoms with Crippen molar-refractivity contribution in [2.24, 2.45) is 0 Å². The highest BCUT2D eigenvalue weighted by atomic mass is 16.7. The number of hydrogen-bond donors (Lipinski definition) is 1. The van der Waals surface area contributed by atoms with Crippen LogP contribution in [-0.4, -0.2) is 25.9 Å². The molecular weight excluding hydrogens is 358 g/mol. The Morgan fingerprint density at radius 1 is 1.04 bits per heavy atom. The lowest BCUT2D eigenvalue weighted by Gasteiger charge is -2.21. The first-order chi connectivity index (χ1) is 13.6. The zero-order valence-electron chi connectivity index (χ0n) is 16.2. The molecule has 2 aromatic carbocycles. The minimum atomic E-state index is -0.492.